The molecule has 0 aliphatic rings. The first-order valence-corrected chi connectivity index (χ1v) is 7.60. The summed E-state index contributed by atoms with van der Waals surface area (Å²) in [6, 6.07) is 8.82. The average Bonchev–Trinajstić information content (AvgIpc) is 3.15. The molecule has 9 heteroatoms. The van der Waals surface area contributed by atoms with Crippen LogP contribution in [0.15, 0.2) is 64.6 Å². The summed E-state index contributed by atoms with van der Waals surface area (Å²) in [6.45, 7) is 1.28. The third-order valence-corrected chi connectivity index (χ3v) is 3.38. The molecule has 1 atom stereocenters. The van der Waals surface area contributed by atoms with E-state index in [1.807, 2.05) is 0 Å². The number of anilines is 1. The van der Waals surface area contributed by atoms with Crippen molar-refractivity contribution in [3.8, 4) is 0 Å². The minimum Gasteiger partial charge on any atom is -0.500 e. The van der Waals surface area contributed by atoms with Gasteiger partial charge in [-0.3, -0.25) is 0 Å². The summed E-state index contributed by atoms with van der Waals surface area (Å²) in [5.41, 5.74) is -0.969. The van der Waals surface area contributed by atoms with Gasteiger partial charge < -0.3 is 19.6 Å². The van der Waals surface area contributed by atoms with Gasteiger partial charge in [-0.25, -0.2) is 4.79 Å². The Labute approximate surface area is 147 Å². The number of hydrogen-bond acceptors (Lipinski definition) is 6. The normalized spacial score (nSPS) is 13.3. The Bertz CT molecular complexity index is 814. The topological polar surface area (TPSA) is 99.9 Å². The number of furan rings is 1. The smallest absolute Gasteiger partial charge is 0.500 e. The monoisotopic (exact) mass is 364 g/mol. The Morgan fingerprint density at radius 3 is 2.58 bits per heavy atom. The maximum atomic E-state index is 15.0. The van der Waals surface area contributed by atoms with Crippen LogP contribution in [0.25, 0.3) is 4.98 Å². The number of carbonyl (C=O) groups is 1. The fraction of sp³-hybridized carbons (Fsp3) is 0.235. The van der Waals surface area contributed by atoms with Crippen LogP contribution in [0.4, 0.5) is 14.5 Å². The molecule has 1 aromatic heterocycles. The van der Waals surface area contributed by atoms with E-state index >= 15 is 0 Å². The number of nitrogens with zero attached hydrogens (tertiary/aromatic N) is 2. The third-order valence-electron chi connectivity index (χ3n) is 3.38. The van der Waals surface area contributed by atoms with E-state index in [-0.39, 0.29) is 12.4 Å². The quantitative estimate of drug-likeness (QED) is 0.330. The molecule has 0 spiro atoms. The molecule has 1 unspecified atom stereocenters. The maximum Gasteiger partial charge on any atom is 0.511 e. The summed E-state index contributed by atoms with van der Waals surface area (Å²) in [6.07, 6.45) is 1.19. The molecule has 0 aliphatic carbocycles. The largest absolute Gasteiger partial charge is 0.511 e. The number of nitrogens with one attached hydrogen (secondary N) is 1. The van der Waals surface area contributed by atoms with Crippen molar-refractivity contribution in [1.29, 1.82) is 5.39 Å². The van der Waals surface area contributed by atoms with E-state index in [4.69, 9.17) is 9.81 Å². The van der Waals surface area contributed by atoms with E-state index in [0.29, 0.717) is 5.69 Å². The molecule has 26 heavy (non-hydrogen) atoms. The fourth-order valence-electron chi connectivity index (χ4n) is 2.18. The van der Waals surface area contributed by atoms with Crippen molar-refractivity contribution in [1.82, 2.24) is 0 Å². The molecule has 0 bridgehead atoms. The van der Waals surface area contributed by atoms with Crippen molar-refractivity contribution in [3.05, 3.63) is 70.9 Å². The number of carbonyl (C=O) groups excluding carboxylic acids is 1. The number of esters is 1. The number of aliphatic hydroxyl groups excluding tert-OH is 1. The Morgan fingerprint density at radius 2 is 2.04 bits per heavy atom. The number of benzene rings is 1. The lowest BCUT2D eigenvalue weighted by atomic mass is 10.0. The standard InChI is InChI=1S/C17H15F2N3O4/c1-2-25-16(24)13(22-20)15(23)17(18,19)14(12-9-6-10-26-12)21-11-7-4-3-5-8-11/h3-10,14,21H,2H2,1H3/p+1. The molecule has 7 nitrogen and oxygen atoms in total. The fourth-order valence-corrected chi connectivity index (χ4v) is 2.18. The summed E-state index contributed by atoms with van der Waals surface area (Å²) in [5.74, 6) is -7.40. The van der Waals surface area contributed by atoms with Crippen LogP contribution >= 0.6 is 0 Å². The summed E-state index contributed by atoms with van der Waals surface area (Å²) >= 11 is 0. The van der Waals surface area contributed by atoms with Crippen LogP contribution in [0.1, 0.15) is 18.7 Å². The first-order valence-electron chi connectivity index (χ1n) is 7.60. The highest BCUT2D eigenvalue weighted by Gasteiger charge is 2.53. The number of ether oxygens (including phenoxy) is 1. The van der Waals surface area contributed by atoms with Crippen LogP contribution < -0.4 is 5.32 Å². The van der Waals surface area contributed by atoms with Gasteiger partial charge in [-0.2, -0.15) is 8.78 Å². The van der Waals surface area contributed by atoms with E-state index in [9.17, 15) is 18.7 Å². The van der Waals surface area contributed by atoms with Crippen molar-refractivity contribution in [3.63, 3.8) is 0 Å². The van der Waals surface area contributed by atoms with Gasteiger partial charge in [0, 0.05) is 5.69 Å². The summed E-state index contributed by atoms with van der Waals surface area (Å²) in [5, 5.41) is 21.4. The number of aliphatic hydroxyl groups is 1. The second-order valence-electron chi connectivity index (χ2n) is 5.10. The highest BCUT2D eigenvalue weighted by Crippen LogP contribution is 2.40. The third kappa shape index (κ3) is 3.97. The molecule has 0 fully saturated rings. The lowest BCUT2D eigenvalue weighted by Gasteiger charge is -2.25. The van der Waals surface area contributed by atoms with Crippen molar-refractivity contribution in [2.24, 2.45) is 0 Å². The highest BCUT2D eigenvalue weighted by atomic mass is 19.3. The van der Waals surface area contributed by atoms with Crippen molar-refractivity contribution in [2.75, 3.05) is 11.9 Å². The lowest BCUT2D eigenvalue weighted by molar-refractivity contribution is -0.139. The zero-order chi connectivity index (χ0) is 19.2. The molecule has 1 aromatic carbocycles. The summed E-state index contributed by atoms with van der Waals surface area (Å²) in [4.78, 5) is 14.1. The van der Waals surface area contributed by atoms with Gasteiger partial charge in [0.2, 0.25) is 5.39 Å². The molecule has 1 heterocycles. The summed E-state index contributed by atoms with van der Waals surface area (Å²) < 4.78 is 39.5. The molecule has 0 saturated carbocycles. The van der Waals surface area contributed by atoms with Crippen LogP contribution in [-0.2, 0) is 9.53 Å². The molecule has 2 N–H and O–H groups in total. The van der Waals surface area contributed by atoms with E-state index < -0.39 is 29.4 Å². The van der Waals surface area contributed by atoms with Crippen LogP contribution in [0.3, 0.4) is 0 Å². The second-order valence-corrected chi connectivity index (χ2v) is 5.10. The van der Waals surface area contributed by atoms with Gasteiger partial charge >= 0.3 is 17.6 Å². The van der Waals surface area contributed by atoms with Gasteiger partial charge in [0.25, 0.3) is 5.76 Å². The lowest BCUT2D eigenvalue weighted by Crippen LogP contribution is -2.35. The molecule has 0 aliphatic heterocycles. The molecule has 2 rings (SSSR count). The number of hydrogen-bond donors (Lipinski definition) is 2. The number of diazo groups is 1. The van der Waals surface area contributed by atoms with Gasteiger partial charge in [0.15, 0.2) is 11.0 Å². The zero-order valence-corrected chi connectivity index (χ0v) is 13.7. The van der Waals surface area contributed by atoms with Crippen LogP contribution in [0.5, 0.6) is 0 Å². The zero-order valence-electron chi connectivity index (χ0n) is 13.7. The van der Waals surface area contributed by atoms with E-state index in [1.165, 1.54) is 37.5 Å². The van der Waals surface area contributed by atoms with Crippen LogP contribution in [0.2, 0.25) is 0 Å². The van der Waals surface area contributed by atoms with Crippen molar-refractivity contribution >= 4 is 11.7 Å². The van der Waals surface area contributed by atoms with Crippen molar-refractivity contribution in [2.45, 2.75) is 18.9 Å². The number of rotatable bonds is 7. The number of para-hydroxylation sites is 1. The van der Waals surface area contributed by atoms with Gasteiger partial charge in [-0.1, -0.05) is 18.2 Å². The predicted molar refractivity (Wildman–Crippen MR) is 87.8 cm³/mol. The SMILES string of the molecule is CCOC(=O)/C([N+]#N)=C(\O)C(F)(F)C(Nc1ccccc1)c1ccco1. The van der Waals surface area contributed by atoms with Gasteiger partial charge in [-0.05, 0) is 31.2 Å². The molecular weight excluding hydrogens is 348 g/mol. The Kier molecular flexibility index (Phi) is 5.90. The minimum absolute atomic E-state index is 0.152. The first-order chi connectivity index (χ1) is 12.4. The van der Waals surface area contributed by atoms with Gasteiger partial charge in [0.1, 0.15) is 5.76 Å². The Morgan fingerprint density at radius 1 is 1.35 bits per heavy atom. The highest BCUT2D eigenvalue weighted by molar-refractivity contribution is 5.91. The predicted octanol–water partition coefficient (Wildman–Crippen LogP) is 4.25. The number of halogens is 2. The Hall–Kier alpha value is -3.41. The molecule has 136 valence electrons. The van der Waals surface area contributed by atoms with E-state index in [0.717, 1.165) is 0 Å². The Balaban J connectivity index is 2.48. The van der Waals surface area contributed by atoms with Gasteiger partial charge in [-0.15, -0.1) is 0 Å². The van der Waals surface area contributed by atoms with E-state index in [1.54, 1.807) is 18.2 Å². The molecule has 0 saturated heterocycles. The number of alkyl halides is 2. The van der Waals surface area contributed by atoms with Crippen LogP contribution in [-0.4, -0.2) is 23.6 Å². The molecular formula is C17H16F2N3O4+. The molecule has 0 radical (unpaired) electrons. The second kappa shape index (κ2) is 8.11. The van der Waals surface area contributed by atoms with Crippen molar-refractivity contribution < 1.29 is 27.8 Å². The average molecular weight is 364 g/mol. The van der Waals surface area contributed by atoms with Gasteiger partial charge in [0.05, 0.1) is 12.9 Å². The van der Waals surface area contributed by atoms with E-state index in [2.05, 4.69) is 15.0 Å². The van der Waals surface area contributed by atoms with Crippen LogP contribution in [0, 0.1) is 5.39 Å². The minimum atomic E-state index is -4.07. The first kappa shape index (κ1) is 18.9. The summed E-state index contributed by atoms with van der Waals surface area (Å²) in [7, 11) is 0. The molecule has 2 aromatic rings. The molecule has 0 amide bonds. The maximum absolute atomic E-state index is 15.0.